The van der Waals surface area contributed by atoms with E-state index in [-0.39, 0.29) is 18.3 Å². The molecule has 0 unspecified atom stereocenters. The molecule has 0 atom stereocenters. The van der Waals surface area contributed by atoms with E-state index in [2.05, 4.69) is 32.6 Å². The summed E-state index contributed by atoms with van der Waals surface area (Å²) in [5.74, 6) is 0.111. The SMILES string of the molecule is CNCCC(=O)NCCc1ccc(Br)s1.Cl. The Morgan fingerprint density at radius 1 is 1.44 bits per heavy atom. The molecule has 2 N–H and O–H groups in total. The fraction of sp³-hybridized carbons (Fsp3) is 0.500. The Kier molecular flexibility index (Phi) is 8.93. The minimum atomic E-state index is 0. The number of halogens is 2. The van der Waals surface area contributed by atoms with Crippen LogP contribution >= 0.6 is 39.7 Å². The van der Waals surface area contributed by atoms with Crippen molar-refractivity contribution in [3.8, 4) is 0 Å². The second-order valence-corrected chi connectivity index (χ2v) is 5.71. The molecule has 1 amide bonds. The number of carbonyl (C=O) groups is 1. The largest absolute Gasteiger partial charge is 0.356 e. The highest BCUT2D eigenvalue weighted by molar-refractivity contribution is 9.11. The summed E-state index contributed by atoms with van der Waals surface area (Å²) < 4.78 is 1.14. The lowest BCUT2D eigenvalue weighted by molar-refractivity contribution is -0.120. The number of hydrogen-bond donors (Lipinski definition) is 2. The van der Waals surface area contributed by atoms with E-state index in [0.717, 1.165) is 23.3 Å². The number of hydrogen-bond acceptors (Lipinski definition) is 3. The van der Waals surface area contributed by atoms with E-state index in [0.29, 0.717) is 6.42 Å². The lowest BCUT2D eigenvalue weighted by atomic mass is 10.3. The molecule has 0 fully saturated rings. The Balaban J connectivity index is 0.00000225. The molecule has 0 bridgehead atoms. The lowest BCUT2D eigenvalue weighted by Crippen LogP contribution is -2.28. The van der Waals surface area contributed by atoms with Crippen molar-refractivity contribution in [2.75, 3.05) is 20.1 Å². The molecule has 6 heteroatoms. The van der Waals surface area contributed by atoms with Crippen molar-refractivity contribution in [2.24, 2.45) is 0 Å². The maximum Gasteiger partial charge on any atom is 0.221 e. The Hall–Kier alpha value is -0.100. The second kappa shape index (κ2) is 8.98. The fourth-order valence-corrected chi connectivity index (χ4v) is 2.62. The summed E-state index contributed by atoms with van der Waals surface area (Å²) in [7, 11) is 1.84. The summed E-state index contributed by atoms with van der Waals surface area (Å²) >= 11 is 5.12. The van der Waals surface area contributed by atoms with Crippen molar-refractivity contribution in [1.82, 2.24) is 10.6 Å². The first-order valence-electron chi connectivity index (χ1n) is 4.88. The molecule has 1 rings (SSSR count). The summed E-state index contributed by atoms with van der Waals surface area (Å²) in [6.07, 6.45) is 1.45. The van der Waals surface area contributed by atoms with Crippen LogP contribution in [0.15, 0.2) is 15.9 Å². The van der Waals surface area contributed by atoms with E-state index in [1.807, 2.05) is 13.1 Å². The zero-order chi connectivity index (χ0) is 11.1. The van der Waals surface area contributed by atoms with Crippen LogP contribution in [0, 0.1) is 0 Å². The summed E-state index contributed by atoms with van der Waals surface area (Å²) in [6, 6.07) is 4.11. The van der Waals surface area contributed by atoms with Gasteiger partial charge in [-0.25, -0.2) is 0 Å². The van der Waals surface area contributed by atoms with E-state index in [1.54, 1.807) is 11.3 Å². The number of rotatable bonds is 6. The lowest BCUT2D eigenvalue weighted by Gasteiger charge is -2.03. The van der Waals surface area contributed by atoms with Gasteiger partial charge in [0.05, 0.1) is 3.79 Å². The van der Waals surface area contributed by atoms with Crippen LogP contribution in [0.1, 0.15) is 11.3 Å². The van der Waals surface area contributed by atoms with Gasteiger partial charge in [0, 0.05) is 24.4 Å². The van der Waals surface area contributed by atoms with Crippen LogP contribution in [0.25, 0.3) is 0 Å². The van der Waals surface area contributed by atoms with Crippen LogP contribution in [0.5, 0.6) is 0 Å². The van der Waals surface area contributed by atoms with Crippen LogP contribution in [0.2, 0.25) is 0 Å². The third-order valence-electron chi connectivity index (χ3n) is 1.92. The van der Waals surface area contributed by atoms with Crippen LogP contribution in [-0.4, -0.2) is 26.0 Å². The van der Waals surface area contributed by atoms with Gasteiger partial charge in [-0.3, -0.25) is 4.79 Å². The van der Waals surface area contributed by atoms with Crippen LogP contribution < -0.4 is 10.6 Å². The molecule has 0 saturated heterocycles. The minimum Gasteiger partial charge on any atom is -0.356 e. The van der Waals surface area contributed by atoms with Crippen molar-refractivity contribution in [2.45, 2.75) is 12.8 Å². The van der Waals surface area contributed by atoms with Crippen molar-refractivity contribution < 1.29 is 4.79 Å². The Morgan fingerprint density at radius 2 is 2.19 bits per heavy atom. The van der Waals surface area contributed by atoms with Gasteiger partial charge in [-0.05, 0) is 41.5 Å². The molecule has 3 nitrogen and oxygen atoms in total. The molecule has 0 aliphatic carbocycles. The maximum atomic E-state index is 11.2. The highest BCUT2D eigenvalue weighted by atomic mass is 79.9. The van der Waals surface area contributed by atoms with Crippen molar-refractivity contribution in [3.63, 3.8) is 0 Å². The number of carbonyl (C=O) groups excluding carboxylic acids is 1. The summed E-state index contributed by atoms with van der Waals surface area (Å²) in [5.41, 5.74) is 0. The minimum absolute atomic E-state index is 0. The molecule has 0 aromatic carbocycles. The first kappa shape index (κ1) is 15.9. The van der Waals surface area contributed by atoms with Gasteiger partial charge in [0.15, 0.2) is 0 Å². The first-order chi connectivity index (χ1) is 7.22. The van der Waals surface area contributed by atoms with Gasteiger partial charge < -0.3 is 10.6 Å². The Bertz CT molecular complexity index is 320. The third-order valence-corrected chi connectivity index (χ3v) is 3.61. The number of amides is 1. The molecule has 0 saturated carbocycles. The van der Waals surface area contributed by atoms with Crippen LogP contribution in [0.3, 0.4) is 0 Å². The predicted octanol–water partition coefficient (Wildman–Crippen LogP) is 2.20. The summed E-state index contributed by atoms with van der Waals surface area (Å²) in [6.45, 7) is 1.45. The third kappa shape index (κ3) is 6.48. The van der Waals surface area contributed by atoms with Gasteiger partial charge >= 0.3 is 0 Å². The van der Waals surface area contributed by atoms with Gasteiger partial charge in [0.25, 0.3) is 0 Å². The van der Waals surface area contributed by atoms with Crippen molar-refractivity contribution >= 4 is 45.6 Å². The average Bonchev–Trinajstić information content (AvgIpc) is 2.61. The Labute approximate surface area is 115 Å². The second-order valence-electron chi connectivity index (χ2n) is 3.16. The molecule has 1 aromatic rings. The monoisotopic (exact) mass is 326 g/mol. The normalized spacial score (nSPS) is 9.62. The quantitative estimate of drug-likeness (QED) is 0.841. The first-order valence-corrected chi connectivity index (χ1v) is 6.49. The molecule has 1 aromatic heterocycles. The van der Waals surface area contributed by atoms with E-state index >= 15 is 0 Å². The maximum absolute atomic E-state index is 11.2. The standard InChI is InChI=1S/C10H15BrN2OS.ClH/c1-12-6-5-10(14)13-7-4-8-2-3-9(11)15-8;/h2-3,12H,4-7H2,1H3,(H,13,14);1H. The molecule has 16 heavy (non-hydrogen) atoms. The number of nitrogens with one attached hydrogen (secondary N) is 2. The van der Waals surface area contributed by atoms with Gasteiger partial charge in [0.2, 0.25) is 5.91 Å². The summed E-state index contributed by atoms with van der Waals surface area (Å²) in [4.78, 5) is 12.5. The molecular formula is C10H16BrClN2OS. The zero-order valence-corrected chi connectivity index (χ0v) is 12.3. The molecule has 92 valence electrons. The van der Waals surface area contributed by atoms with E-state index in [1.165, 1.54) is 4.88 Å². The molecular weight excluding hydrogens is 312 g/mol. The highest BCUT2D eigenvalue weighted by Gasteiger charge is 2.01. The highest BCUT2D eigenvalue weighted by Crippen LogP contribution is 2.21. The van der Waals surface area contributed by atoms with Crippen LogP contribution in [0.4, 0.5) is 0 Å². The van der Waals surface area contributed by atoms with Gasteiger partial charge in [-0.2, -0.15) is 0 Å². The molecule has 0 aliphatic rings. The average molecular weight is 328 g/mol. The van der Waals surface area contributed by atoms with Crippen molar-refractivity contribution in [1.29, 1.82) is 0 Å². The van der Waals surface area contributed by atoms with E-state index < -0.39 is 0 Å². The molecule has 0 spiro atoms. The molecule has 1 heterocycles. The van der Waals surface area contributed by atoms with E-state index in [4.69, 9.17) is 0 Å². The van der Waals surface area contributed by atoms with Crippen molar-refractivity contribution in [3.05, 3.63) is 20.8 Å². The van der Waals surface area contributed by atoms with Crippen LogP contribution in [-0.2, 0) is 11.2 Å². The number of thiophene rings is 1. The topological polar surface area (TPSA) is 41.1 Å². The fourth-order valence-electron chi connectivity index (χ4n) is 1.14. The van der Waals surface area contributed by atoms with Gasteiger partial charge in [-0.1, -0.05) is 0 Å². The molecule has 0 radical (unpaired) electrons. The van der Waals surface area contributed by atoms with Gasteiger partial charge in [0.1, 0.15) is 0 Å². The Morgan fingerprint density at radius 3 is 2.75 bits per heavy atom. The van der Waals surface area contributed by atoms with E-state index in [9.17, 15) is 4.79 Å². The summed E-state index contributed by atoms with van der Waals surface area (Å²) in [5, 5.41) is 5.83. The zero-order valence-electron chi connectivity index (χ0n) is 9.09. The predicted molar refractivity (Wildman–Crippen MR) is 74.5 cm³/mol. The van der Waals surface area contributed by atoms with Gasteiger partial charge in [-0.15, -0.1) is 23.7 Å². The smallest absolute Gasteiger partial charge is 0.221 e. The molecule has 0 aliphatic heterocycles.